The molecule has 0 saturated carbocycles. The standard InChI is InChI=1S/C21H34O5/c1-10-18(4,5)25-26-19(6,7)11-12-21(24-17(22)16(2)3)13-14-23-20(8,9)15-21/h2,10,13-15H2,1,3-9H3. The molecular weight excluding hydrogens is 332 g/mol. The molecule has 0 aromatic carbocycles. The second-order valence-corrected chi connectivity index (χ2v) is 8.74. The fraction of sp³-hybridized carbons (Fsp3) is 0.762. The number of esters is 1. The van der Waals surface area contributed by atoms with Gasteiger partial charge in [-0.05, 0) is 54.9 Å². The molecule has 0 spiro atoms. The van der Waals surface area contributed by atoms with Crippen LogP contribution in [0.15, 0.2) is 12.2 Å². The number of carbonyl (C=O) groups is 1. The molecule has 0 amide bonds. The van der Waals surface area contributed by atoms with Gasteiger partial charge in [-0.25, -0.2) is 14.6 Å². The minimum absolute atomic E-state index is 0.346. The van der Waals surface area contributed by atoms with Crippen LogP contribution in [0.4, 0.5) is 0 Å². The fourth-order valence-corrected chi connectivity index (χ4v) is 2.36. The summed E-state index contributed by atoms with van der Waals surface area (Å²) < 4.78 is 11.5. The van der Waals surface area contributed by atoms with Crippen molar-refractivity contribution in [3.63, 3.8) is 0 Å². The van der Waals surface area contributed by atoms with Crippen molar-refractivity contribution in [1.82, 2.24) is 0 Å². The van der Waals surface area contributed by atoms with Crippen LogP contribution in [0.2, 0.25) is 0 Å². The van der Waals surface area contributed by atoms with Crippen LogP contribution in [-0.2, 0) is 24.0 Å². The Hall–Kier alpha value is -1.35. The Morgan fingerprint density at radius 2 is 1.85 bits per heavy atom. The second kappa shape index (κ2) is 8.12. The normalized spacial score (nSPS) is 22.9. The highest BCUT2D eigenvalue weighted by molar-refractivity contribution is 5.87. The molecule has 1 fully saturated rings. The van der Waals surface area contributed by atoms with Crippen molar-refractivity contribution in [3.8, 4) is 11.8 Å². The lowest BCUT2D eigenvalue weighted by molar-refractivity contribution is -0.388. The van der Waals surface area contributed by atoms with Crippen molar-refractivity contribution in [2.24, 2.45) is 0 Å². The van der Waals surface area contributed by atoms with Gasteiger partial charge in [0, 0.05) is 18.4 Å². The summed E-state index contributed by atoms with van der Waals surface area (Å²) in [4.78, 5) is 23.3. The summed E-state index contributed by atoms with van der Waals surface area (Å²) in [5.74, 6) is 5.80. The van der Waals surface area contributed by atoms with Gasteiger partial charge in [0.25, 0.3) is 0 Å². The van der Waals surface area contributed by atoms with Gasteiger partial charge in [0.1, 0.15) is 0 Å². The first-order valence-corrected chi connectivity index (χ1v) is 9.15. The zero-order chi connectivity index (χ0) is 20.2. The van der Waals surface area contributed by atoms with E-state index in [0.29, 0.717) is 25.0 Å². The van der Waals surface area contributed by atoms with E-state index in [-0.39, 0.29) is 0 Å². The van der Waals surface area contributed by atoms with E-state index in [1.54, 1.807) is 6.92 Å². The van der Waals surface area contributed by atoms with Crippen LogP contribution in [0.5, 0.6) is 0 Å². The number of hydrogen-bond acceptors (Lipinski definition) is 5. The van der Waals surface area contributed by atoms with Crippen molar-refractivity contribution in [2.75, 3.05) is 6.61 Å². The maximum atomic E-state index is 12.2. The molecule has 1 atom stereocenters. The van der Waals surface area contributed by atoms with E-state index in [1.807, 2.05) is 48.5 Å². The van der Waals surface area contributed by atoms with Gasteiger partial charge >= 0.3 is 5.97 Å². The Kier molecular flexibility index (Phi) is 7.09. The molecule has 0 N–H and O–H groups in total. The molecule has 1 heterocycles. The average Bonchev–Trinajstić information content (AvgIpc) is 2.50. The van der Waals surface area contributed by atoms with Gasteiger partial charge in [0.15, 0.2) is 11.2 Å². The number of hydrogen-bond donors (Lipinski definition) is 0. The quantitative estimate of drug-likeness (QED) is 0.230. The average molecular weight is 366 g/mol. The van der Waals surface area contributed by atoms with E-state index in [2.05, 4.69) is 18.4 Å². The van der Waals surface area contributed by atoms with Crippen LogP contribution < -0.4 is 0 Å². The summed E-state index contributed by atoms with van der Waals surface area (Å²) in [7, 11) is 0. The van der Waals surface area contributed by atoms with Crippen LogP contribution in [0.1, 0.15) is 74.7 Å². The third-order valence-electron chi connectivity index (χ3n) is 4.26. The predicted octanol–water partition coefficient (Wildman–Crippen LogP) is 4.35. The Balaban J connectivity index is 3.04. The Morgan fingerprint density at radius 3 is 2.35 bits per heavy atom. The molecule has 26 heavy (non-hydrogen) atoms. The highest BCUT2D eigenvalue weighted by atomic mass is 17.2. The highest BCUT2D eigenvalue weighted by Crippen LogP contribution is 2.35. The van der Waals surface area contributed by atoms with E-state index < -0.39 is 28.4 Å². The first-order chi connectivity index (χ1) is 11.7. The number of carbonyl (C=O) groups excluding carboxylic acids is 1. The third-order valence-corrected chi connectivity index (χ3v) is 4.26. The second-order valence-electron chi connectivity index (χ2n) is 8.74. The summed E-state index contributed by atoms with van der Waals surface area (Å²) in [5.41, 5.74) is -2.27. The zero-order valence-electron chi connectivity index (χ0n) is 17.6. The fourth-order valence-electron chi connectivity index (χ4n) is 2.36. The molecule has 5 heteroatoms. The van der Waals surface area contributed by atoms with Gasteiger partial charge < -0.3 is 9.47 Å². The lowest BCUT2D eigenvalue weighted by atomic mass is 9.84. The van der Waals surface area contributed by atoms with Crippen LogP contribution in [0.3, 0.4) is 0 Å². The van der Waals surface area contributed by atoms with Crippen molar-refractivity contribution in [3.05, 3.63) is 12.2 Å². The van der Waals surface area contributed by atoms with Crippen molar-refractivity contribution < 1.29 is 24.0 Å². The first kappa shape index (κ1) is 22.7. The molecule has 0 aromatic heterocycles. The lowest BCUT2D eigenvalue weighted by Crippen LogP contribution is -2.48. The molecule has 0 aromatic rings. The smallest absolute Gasteiger partial charge is 0.334 e. The van der Waals surface area contributed by atoms with Crippen molar-refractivity contribution >= 4 is 5.97 Å². The molecule has 0 radical (unpaired) electrons. The minimum atomic E-state index is -0.932. The maximum Gasteiger partial charge on any atom is 0.334 e. The molecule has 148 valence electrons. The van der Waals surface area contributed by atoms with Gasteiger partial charge in [0.2, 0.25) is 0 Å². The van der Waals surface area contributed by atoms with Crippen LogP contribution >= 0.6 is 0 Å². The Labute approximate surface area is 158 Å². The topological polar surface area (TPSA) is 54.0 Å². The molecular formula is C21H34O5. The molecule has 0 aliphatic carbocycles. The summed E-state index contributed by atoms with van der Waals surface area (Å²) in [6, 6.07) is 0. The molecule has 1 unspecified atom stereocenters. The van der Waals surface area contributed by atoms with E-state index in [0.717, 1.165) is 6.42 Å². The van der Waals surface area contributed by atoms with Crippen molar-refractivity contribution in [1.29, 1.82) is 0 Å². The van der Waals surface area contributed by atoms with Crippen LogP contribution in [0.25, 0.3) is 0 Å². The SMILES string of the molecule is C=C(C)C(=O)OC1(C#CC(C)(C)OOC(C)(C)CC)CCOC(C)(C)C1. The summed E-state index contributed by atoms with van der Waals surface area (Å²) in [6.45, 7) is 19.3. The van der Waals surface area contributed by atoms with E-state index in [4.69, 9.17) is 19.2 Å². The Morgan fingerprint density at radius 1 is 1.23 bits per heavy atom. The van der Waals surface area contributed by atoms with Gasteiger partial charge in [-0.1, -0.05) is 25.3 Å². The molecule has 1 aliphatic heterocycles. The number of rotatable bonds is 6. The predicted molar refractivity (Wildman–Crippen MR) is 101 cm³/mol. The summed E-state index contributed by atoms with van der Waals surface area (Å²) in [5, 5.41) is 0. The van der Waals surface area contributed by atoms with Crippen LogP contribution in [-0.4, -0.2) is 35.0 Å². The zero-order valence-corrected chi connectivity index (χ0v) is 17.6. The largest absolute Gasteiger partial charge is 0.442 e. The molecule has 5 nitrogen and oxygen atoms in total. The van der Waals surface area contributed by atoms with Crippen LogP contribution in [0, 0.1) is 11.8 Å². The molecule has 1 aliphatic rings. The van der Waals surface area contributed by atoms with E-state index in [9.17, 15) is 4.79 Å². The molecule has 1 saturated heterocycles. The summed E-state index contributed by atoms with van der Waals surface area (Å²) >= 11 is 0. The lowest BCUT2D eigenvalue weighted by Gasteiger charge is -2.41. The summed E-state index contributed by atoms with van der Waals surface area (Å²) in [6.07, 6.45) is 1.78. The van der Waals surface area contributed by atoms with E-state index >= 15 is 0 Å². The third kappa shape index (κ3) is 7.11. The first-order valence-electron chi connectivity index (χ1n) is 9.15. The van der Waals surface area contributed by atoms with Crippen molar-refractivity contribution in [2.45, 2.75) is 97.1 Å². The Bertz CT molecular complexity index is 591. The molecule has 0 bridgehead atoms. The van der Waals surface area contributed by atoms with Gasteiger partial charge in [-0.3, -0.25) is 0 Å². The van der Waals surface area contributed by atoms with Gasteiger partial charge in [-0.2, -0.15) is 0 Å². The highest BCUT2D eigenvalue weighted by Gasteiger charge is 2.43. The minimum Gasteiger partial charge on any atom is -0.442 e. The number of ether oxygens (including phenoxy) is 2. The monoisotopic (exact) mass is 366 g/mol. The maximum absolute atomic E-state index is 12.2. The van der Waals surface area contributed by atoms with Gasteiger partial charge in [-0.15, -0.1) is 0 Å². The van der Waals surface area contributed by atoms with E-state index in [1.165, 1.54) is 0 Å². The van der Waals surface area contributed by atoms with Gasteiger partial charge in [0.05, 0.1) is 17.8 Å². The molecule has 1 rings (SSSR count).